The first-order valence-corrected chi connectivity index (χ1v) is 6.77. The number of likely N-dealkylation sites (tertiary alicyclic amines) is 1. The van der Waals surface area contributed by atoms with E-state index in [1.54, 1.807) is 6.26 Å². The monoisotopic (exact) mass is 313 g/mol. The summed E-state index contributed by atoms with van der Waals surface area (Å²) in [7, 11) is 0. The van der Waals surface area contributed by atoms with Crippen LogP contribution in [0.15, 0.2) is 34.9 Å². The number of hydrogen-bond donors (Lipinski definition) is 1. The summed E-state index contributed by atoms with van der Waals surface area (Å²) < 4.78 is 5.52. The van der Waals surface area contributed by atoms with E-state index < -0.39 is 0 Å². The molecule has 0 spiro atoms. The summed E-state index contributed by atoms with van der Waals surface area (Å²) in [5, 5.41) is 0.683. The fraction of sp³-hybridized carbons (Fsp3) is 0.357. The summed E-state index contributed by atoms with van der Waals surface area (Å²) in [4.78, 5) is 6.80. The van der Waals surface area contributed by atoms with Gasteiger partial charge in [0.15, 0.2) is 0 Å². The van der Waals surface area contributed by atoms with Crippen molar-refractivity contribution in [3.05, 3.63) is 41.2 Å². The molecule has 1 aliphatic rings. The molecule has 1 aromatic heterocycles. The minimum Gasteiger partial charge on any atom is -0.444 e. The predicted octanol–water partition coefficient (Wildman–Crippen LogP) is 2.95. The Bertz CT molecular complexity index is 573. The van der Waals surface area contributed by atoms with Crippen LogP contribution in [0.4, 0.5) is 0 Å². The van der Waals surface area contributed by atoms with E-state index in [9.17, 15) is 0 Å². The zero-order chi connectivity index (χ0) is 13.2. The van der Waals surface area contributed by atoms with Crippen molar-refractivity contribution in [2.75, 3.05) is 13.1 Å². The van der Waals surface area contributed by atoms with Gasteiger partial charge in [-0.05, 0) is 24.6 Å². The van der Waals surface area contributed by atoms with Crippen molar-refractivity contribution >= 4 is 24.0 Å². The highest BCUT2D eigenvalue weighted by Crippen LogP contribution is 2.22. The predicted molar refractivity (Wildman–Crippen MR) is 82.1 cm³/mol. The number of nitrogens with zero attached hydrogens (tertiary/aromatic N) is 2. The van der Waals surface area contributed by atoms with Gasteiger partial charge in [-0.25, -0.2) is 4.98 Å². The SMILES string of the molecule is Cl.N[C@H]1CCN(Cc2coc(-c3cccc(Cl)c3)n2)C1. The topological polar surface area (TPSA) is 55.3 Å². The fourth-order valence-electron chi connectivity index (χ4n) is 2.37. The second kappa shape index (κ2) is 6.59. The maximum atomic E-state index is 5.96. The van der Waals surface area contributed by atoms with E-state index >= 15 is 0 Å². The Morgan fingerprint density at radius 1 is 1.45 bits per heavy atom. The van der Waals surface area contributed by atoms with Crippen molar-refractivity contribution < 1.29 is 4.42 Å². The number of halogens is 2. The molecular formula is C14H17Cl2N3O. The van der Waals surface area contributed by atoms with Crippen LogP contribution in [-0.2, 0) is 6.54 Å². The third kappa shape index (κ3) is 3.52. The standard InChI is InChI=1S/C14H16ClN3O.ClH/c15-11-3-1-2-10(6-11)14-17-13(9-19-14)8-18-5-4-12(16)7-18;/h1-3,6,9,12H,4-5,7-8,16H2;1H/t12-;/m0./s1. The molecule has 2 N–H and O–H groups in total. The molecule has 20 heavy (non-hydrogen) atoms. The molecular weight excluding hydrogens is 297 g/mol. The van der Waals surface area contributed by atoms with Crippen LogP contribution in [0, 0.1) is 0 Å². The molecule has 1 atom stereocenters. The Hall–Kier alpha value is -1.07. The van der Waals surface area contributed by atoms with E-state index in [-0.39, 0.29) is 12.4 Å². The molecule has 1 saturated heterocycles. The third-order valence-corrected chi connectivity index (χ3v) is 3.55. The lowest BCUT2D eigenvalue weighted by molar-refractivity contribution is 0.322. The normalized spacial score (nSPS) is 19.0. The Kier molecular flexibility index (Phi) is 5.05. The van der Waals surface area contributed by atoms with Gasteiger partial charge < -0.3 is 10.2 Å². The second-order valence-electron chi connectivity index (χ2n) is 4.94. The van der Waals surface area contributed by atoms with Crippen LogP contribution in [0.3, 0.4) is 0 Å². The van der Waals surface area contributed by atoms with Crippen molar-refractivity contribution in [2.45, 2.75) is 19.0 Å². The zero-order valence-electron chi connectivity index (χ0n) is 11.0. The lowest BCUT2D eigenvalue weighted by Gasteiger charge is -2.12. The highest BCUT2D eigenvalue weighted by Gasteiger charge is 2.20. The van der Waals surface area contributed by atoms with Crippen LogP contribution in [0.5, 0.6) is 0 Å². The smallest absolute Gasteiger partial charge is 0.226 e. The van der Waals surface area contributed by atoms with Crippen molar-refractivity contribution in [1.82, 2.24) is 9.88 Å². The maximum absolute atomic E-state index is 5.96. The number of hydrogen-bond acceptors (Lipinski definition) is 4. The number of aromatic nitrogens is 1. The van der Waals surface area contributed by atoms with Crippen LogP contribution >= 0.6 is 24.0 Å². The Morgan fingerprint density at radius 2 is 2.30 bits per heavy atom. The molecule has 1 fully saturated rings. The lowest BCUT2D eigenvalue weighted by Crippen LogP contribution is -2.26. The van der Waals surface area contributed by atoms with Crippen molar-refractivity contribution in [1.29, 1.82) is 0 Å². The molecule has 108 valence electrons. The summed E-state index contributed by atoms with van der Waals surface area (Å²) in [6.07, 6.45) is 2.76. The average Bonchev–Trinajstić information content (AvgIpc) is 2.99. The van der Waals surface area contributed by atoms with Gasteiger partial charge in [0.05, 0.1) is 5.69 Å². The van der Waals surface area contributed by atoms with E-state index in [4.69, 9.17) is 21.8 Å². The van der Waals surface area contributed by atoms with Gasteiger partial charge in [0.2, 0.25) is 5.89 Å². The van der Waals surface area contributed by atoms with Gasteiger partial charge in [0.25, 0.3) is 0 Å². The summed E-state index contributed by atoms with van der Waals surface area (Å²) in [5.74, 6) is 0.612. The van der Waals surface area contributed by atoms with E-state index in [1.807, 2.05) is 24.3 Å². The molecule has 2 aromatic rings. The highest BCUT2D eigenvalue weighted by molar-refractivity contribution is 6.30. The molecule has 0 unspecified atom stereocenters. The number of nitrogens with two attached hydrogens (primary N) is 1. The molecule has 6 heteroatoms. The van der Waals surface area contributed by atoms with Gasteiger partial charge in [-0.15, -0.1) is 12.4 Å². The van der Waals surface area contributed by atoms with Gasteiger partial charge in [-0.1, -0.05) is 17.7 Å². The van der Waals surface area contributed by atoms with Gasteiger partial charge in [0, 0.05) is 36.3 Å². The summed E-state index contributed by atoms with van der Waals surface area (Å²) in [6, 6.07) is 7.80. The fourth-order valence-corrected chi connectivity index (χ4v) is 2.56. The van der Waals surface area contributed by atoms with Crippen molar-refractivity contribution in [2.24, 2.45) is 5.73 Å². The second-order valence-corrected chi connectivity index (χ2v) is 5.37. The molecule has 3 rings (SSSR count). The van der Waals surface area contributed by atoms with Gasteiger partial charge in [-0.2, -0.15) is 0 Å². The Morgan fingerprint density at radius 3 is 3.00 bits per heavy atom. The summed E-state index contributed by atoms with van der Waals surface area (Å²) >= 11 is 5.96. The first-order valence-electron chi connectivity index (χ1n) is 6.39. The van der Waals surface area contributed by atoms with Gasteiger partial charge in [-0.3, -0.25) is 4.90 Å². The largest absolute Gasteiger partial charge is 0.444 e. The molecule has 4 nitrogen and oxygen atoms in total. The van der Waals surface area contributed by atoms with Crippen LogP contribution in [0.25, 0.3) is 11.5 Å². The minimum absolute atomic E-state index is 0. The Labute approximate surface area is 129 Å². The minimum atomic E-state index is 0. The number of benzene rings is 1. The van der Waals surface area contributed by atoms with Crippen LogP contribution in [0.1, 0.15) is 12.1 Å². The quantitative estimate of drug-likeness (QED) is 0.946. The average molecular weight is 314 g/mol. The molecule has 2 heterocycles. The van der Waals surface area contributed by atoms with E-state index in [1.165, 1.54) is 0 Å². The molecule has 0 amide bonds. The van der Waals surface area contributed by atoms with E-state index in [2.05, 4.69) is 9.88 Å². The molecule has 0 aliphatic carbocycles. The highest BCUT2D eigenvalue weighted by atomic mass is 35.5. The zero-order valence-corrected chi connectivity index (χ0v) is 12.5. The lowest BCUT2D eigenvalue weighted by atomic mass is 10.2. The number of rotatable bonds is 3. The molecule has 0 bridgehead atoms. The maximum Gasteiger partial charge on any atom is 0.226 e. The van der Waals surface area contributed by atoms with Crippen molar-refractivity contribution in [3.8, 4) is 11.5 Å². The third-order valence-electron chi connectivity index (χ3n) is 3.32. The van der Waals surface area contributed by atoms with Crippen LogP contribution in [-0.4, -0.2) is 29.0 Å². The molecule has 0 saturated carbocycles. The summed E-state index contributed by atoms with van der Waals surface area (Å²) in [5.41, 5.74) is 7.73. The first kappa shape index (κ1) is 15.3. The van der Waals surface area contributed by atoms with Crippen LogP contribution < -0.4 is 5.73 Å². The van der Waals surface area contributed by atoms with E-state index in [0.717, 1.165) is 37.3 Å². The van der Waals surface area contributed by atoms with Gasteiger partial charge >= 0.3 is 0 Å². The first-order chi connectivity index (χ1) is 9.20. The van der Waals surface area contributed by atoms with Crippen molar-refractivity contribution in [3.63, 3.8) is 0 Å². The summed E-state index contributed by atoms with van der Waals surface area (Å²) in [6.45, 7) is 2.75. The Balaban J connectivity index is 0.00000147. The molecule has 1 aliphatic heterocycles. The van der Waals surface area contributed by atoms with Crippen LogP contribution in [0.2, 0.25) is 5.02 Å². The van der Waals surface area contributed by atoms with Gasteiger partial charge in [0.1, 0.15) is 6.26 Å². The molecule has 1 aromatic carbocycles. The van der Waals surface area contributed by atoms with E-state index in [0.29, 0.717) is 17.0 Å². The number of oxazole rings is 1. The molecule has 0 radical (unpaired) electrons.